The predicted molar refractivity (Wildman–Crippen MR) is 57.1 cm³/mol. The van der Waals surface area contributed by atoms with Gasteiger partial charge < -0.3 is 14.9 Å². The summed E-state index contributed by atoms with van der Waals surface area (Å²) >= 11 is 1.63. The minimum absolute atomic E-state index is 0.187. The van der Waals surface area contributed by atoms with Crippen LogP contribution in [0.15, 0.2) is 17.5 Å². The Morgan fingerprint density at radius 2 is 2.40 bits per heavy atom. The molecule has 1 rings (SSSR count). The minimum atomic E-state index is -1.80. The van der Waals surface area contributed by atoms with Crippen LogP contribution in [0.25, 0.3) is 0 Å². The van der Waals surface area contributed by atoms with Crippen molar-refractivity contribution in [2.45, 2.75) is 18.9 Å². The van der Waals surface area contributed by atoms with Crippen LogP contribution in [0.2, 0.25) is 0 Å². The van der Waals surface area contributed by atoms with Gasteiger partial charge in [0, 0.05) is 11.3 Å². The first-order valence-electron chi connectivity index (χ1n) is 4.58. The van der Waals surface area contributed by atoms with Crippen molar-refractivity contribution in [1.29, 1.82) is 0 Å². The van der Waals surface area contributed by atoms with Crippen LogP contribution in [0.3, 0.4) is 0 Å². The Labute approximate surface area is 92.1 Å². The summed E-state index contributed by atoms with van der Waals surface area (Å²) in [7, 11) is 0. The molecule has 1 atom stereocenters. The molecule has 84 valence electrons. The summed E-state index contributed by atoms with van der Waals surface area (Å²) in [5.41, 5.74) is -1.80. The normalized spacial score (nSPS) is 14.8. The van der Waals surface area contributed by atoms with Crippen molar-refractivity contribution in [2.75, 3.05) is 13.2 Å². The molecule has 15 heavy (non-hydrogen) atoms. The van der Waals surface area contributed by atoms with E-state index in [4.69, 9.17) is 9.84 Å². The van der Waals surface area contributed by atoms with Gasteiger partial charge in [-0.25, -0.2) is 4.79 Å². The number of carboxylic acids is 1. The van der Waals surface area contributed by atoms with E-state index in [1.165, 1.54) is 11.8 Å². The van der Waals surface area contributed by atoms with Gasteiger partial charge in [-0.3, -0.25) is 0 Å². The van der Waals surface area contributed by atoms with Gasteiger partial charge in [-0.2, -0.15) is 0 Å². The fourth-order valence-corrected chi connectivity index (χ4v) is 1.65. The second kappa shape index (κ2) is 5.25. The van der Waals surface area contributed by atoms with Crippen molar-refractivity contribution in [3.05, 3.63) is 22.4 Å². The number of aliphatic hydroxyl groups is 1. The molecule has 0 spiro atoms. The lowest BCUT2D eigenvalue weighted by atomic mass is 10.1. The Kier molecular flexibility index (Phi) is 4.26. The summed E-state index contributed by atoms with van der Waals surface area (Å²) in [6.07, 6.45) is 0.743. The SMILES string of the molecule is CC(O)(COCCc1cccs1)C(=O)O. The van der Waals surface area contributed by atoms with Crippen molar-refractivity contribution in [2.24, 2.45) is 0 Å². The van der Waals surface area contributed by atoms with Gasteiger partial charge >= 0.3 is 5.97 Å². The Bertz CT molecular complexity index is 305. The van der Waals surface area contributed by atoms with Gasteiger partial charge in [0.2, 0.25) is 0 Å². The Morgan fingerprint density at radius 1 is 1.67 bits per heavy atom. The van der Waals surface area contributed by atoms with E-state index in [2.05, 4.69) is 0 Å². The molecule has 1 aromatic heterocycles. The first-order valence-corrected chi connectivity index (χ1v) is 5.46. The molecular weight excluding hydrogens is 216 g/mol. The molecule has 1 heterocycles. The molecule has 0 aliphatic rings. The Balaban J connectivity index is 2.19. The van der Waals surface area contributed by atoms with E-state index in [-0.39, 0.29) is 6.61 Å². The highest BCUT2D eigenvalue weighted by atomic mass is 32.1. The first kappa shape index (κ1) is 12.2. The number of carbonyl (C=O) groups is 1. The van der Waals surface area contributed by atoms with Crippen molar-refractivity contribution in [3.63, 3.8) is 0 Å². The van der Waals surface area contributed by atoms with Crippen molar-refractivity contribution >= 4 is 17.3 Å². The van der Waals surface area contributed by atoms with Crippen molar-refractivity contribution in [1.82, 2.24) is 0 Å². The van der Waals surface area contributed by atoms with E-state index in [0.717, 1.165) is 6.42 Å². The second-order valence-electron chi connectivity index (χ2n) is 3.46. The fraction of sp³-hybridized carbons (Fsp3) is 0.500. The molecule has 1 aromatic rings. The third kappa shape index (κ3) is 3.99. The molecule has 0 aromatic carbocycles. The smallest absolute Gasteiger partial charge is 0.337 e. The topological polar surface area (TPSA) is 66.8 Å². The van der Waals surface area contributed by atoms with Gasteiger partial charge in [-0.1, -0.05) is 6.07 Å². The molecule has 4 nitrogen and oxygen atoms in total. The highest BCUT2D eigenvalue weighted by Gasteiger charge is 2.29. The number of hydrogen-bond donors (Lipinski definition) is 2. The maximum Gasteiger partial charge on any atom is 0.337 e. The molecule has 0 amide bonds. The molecule has 0 aliphatic carbocycles. The van der Waals surface area contributed by atoms with Gasteiger partial charge in [0.1, 0.15) is 0 Å². The van der Waals surface area contributed by atoms with Crippen LogP contribution in [0.1, 0.15) is 11.8 Å². The van der Waals surface area contributed by atoms with E-state index in [9.17, 15) is 9.90 Å². The quantitative estimate of drug-likeness (QED) is 0.719. The second-order valence-corrected chi connectivity index (χ2v) is 4.49. The zero-order chi connectivity index (χ0) is 11.3. The average molecular weight is 230 g/mol. The fourth-order valence-electron chi connectivity index (χ4n) is 0.960. The molecule has 2 N–H and O–H groups in total. The van der Waals surface area contributed by atoms with Gasteiger partial charge in [0.15, 0.2) is 5.60 Å². The molecule has 0 fully saturated rings. The monoisotopic (exact) mass is 230 g/mol. The summed E-state index contributed by atoms with van der Waals surface area (Å²) in [5.74, 6) is -1.27. The molecule has 0 aliphatic heterocycles. The zero-order valence-electron chi connectivity index (χ0n) is 8.47. The molecule has 0 saturated heterocycles. The van der Waals surface area contributed by atoms with Gasteiger partial charge in [-0.15, -0.1) is 11.3 Å². The number of carboxylic acid groups (broad SMARTS) is 1. The number of hydrogen-bond acceptors (Lipinski definition) is 4. The molecule has 0 radical (unpaired) electrons. The molecule has 0 saturated carbocycles. The summed E-state index contributed by atoms with van der Waals surface area (Å²) in [6.45, 7) is 1.46. The zero-order valence-corrected chi connectivity index (χ0v) is 9.29. The van der Waals surface area contributed by atoms with Gasteiger partial charge in [0.25, 0.3) is 0 Å². The lowest BCUT2D eigenvalue weighted by molar-refractivity contribution is -0.162. The number of rotatable bonds is 6. The van der Waals surface area contributed by atoms with Crippen LogP contribution < -0.4 is 0 Å². The number of thiophene rings is 1. The average Bonchev–Trinajstić information content (AvgIpc) is 2.64. The van der Waals surface area contributed by atoms with E-state index in [0.29, 0.717) is 6.61 Å². The predicted octanol–water partition coefficient (Wildman–Crippen LogP) is 1.14. The van der Waals surface area contributed by atoms with E-state index < -0.39 is 11.6 Å². The van der Waals surface area contributed by atoms with E-state index in [1.54, 1.807) is 11.3 Å². The largest absolute Gasteiger partial charge is 0.479 e. The Morgan fingerprint density at radius 3 is 2.93 bits per heavy atom. The van der Waals surface area contributed by atoms with Crippen molar-refractivity contribution in [3.8, 4) is 0 Å². The maximum atomic E-state index is 10.5. The van der Waals surface area contributed by atoms with Crippen LogP contribution in [-0.4, -0.2) is 35.0 Å². The number of ether oxygens (including phenoxy) is 1. The molecule has 5 heteroatoms. The van der Waals surface area contributed by atoms with E-state index in [1.807, 2.05) is 17.5 Å². The highest BCUT2D eigenvalue weighted by Crippen LogP contribution is 2.10. The van der Waals surface area contributed by atoms with Crippen LogP contribution in [0.4, 0.5) is 0 Å². The third-order valence-electron chi connectivity index (χ3n) is 1.92. The minimum Gasteiger partial charge on any atom is -0.479 e. The molecular formula is C10H14O4S. The van der Waals surface area contributed by atoms with Crippen LogP contribution >= 0.6 is 11.3 Å². The number of aliphatic carboxylic acids is 1. The van der Waals surface area contributed by atoms with E-state index >= 15 is 0 Å². The summed E-state index contributed by atoms with van der Waals surface area (Å²) in [5, 5.41) is 19.9. The lowest BCUT2D eigenvalue weighted by Crippen LogP contribution is -2.40. The van der Waals surface area contributed by atoms with Gasteiger partial charge in [-0.05, 0) is 18.4 Å². The molecule has 1 unspecified atom stereocenters. The van der Waals surface area contributed by atoms with Crippen LogP contribution in [0, 0.1) is 0 Å². The standard InChI is InChI=1S/C10H14O4S/c1-10(13,9(11)12)7-14-5-4-8-3-2-6-15-8/h2-3,6,13H,4-5,7H2,1H3,(H,11,12). The summed E-state index contributed by atoms with van der Waals surface area (Å²) < 4.78 is 5.11. The summed E-state index contributed by atoms with van der Waals surface area (Å²) in [6, 6.07) is 3.94. The third-order valence-corrected chi connectivity index (χ3v) is 2.85. The lowest BCUT2D eigenvalue weighted by Gasteiger charge is -2.17. The van der Waals surface area contributed by atoms with Gasteiger partial charge in [0.05, 0.1) is 13.2 Å². The van der Waals surface area contributed by atoms with Crippen LogP contribution in [0.5, 0.6) is 0 Å². The molecule has 0 bridgehead atoms. The first-order chi connectivity index (χ1) is 7.02. The highest BCUT2D eigenvalue weighted by molar-refractivity contribution is 7.09. The maximum absolute atomic E-state index is 10.5. The summed E-state index contributed by atoms with van der Waals surface area (Å²) in [4.78, 5) is 11.7. The Hall–Kier alpha value is -0.910. The van der Waals surface area contributed by atoms with Crippen molar-refractivity contribution < 1.29 is 19.7 Å². The van der Waals surface area contributed by atoms with Crippen LogP contribution in [-0.2, 0) is 16.0 Å².